The van der Waals surface area contributed by atoms with E-state index in [1.54, 1.807) is 0 Å². The van der Waals surface area contributed by atoms with E-state index in [1.165, 1.54) is 18.5 Å². The first-order valence-corrected chi connectivity index (χ1v) is 10.1. The van der Waals surface area contributed by atoms with Crippen molar-refractivity contribution in [3.63, 3.8) is 0 Å². The van der Waals surface area contributed by atoms with Gasteiger partial charge in [-0.05, 0) is 25.3 Å². The van der Waals surface area contributed by atoms with Crippen molar-refractivity contribution >= 4 is 36.6 Å². The van der Waals surface area contributed by atoms with E-state index in [0.29, 0.717) is 36.1 Å². The first-order chi connectivity index (χ1) is 14.6. The van der Waals surface area contributed by atoms with Gasteiger partial charge >= 0.3 is 0 Å². The quantitative estimate of drug-likeness (QED) is 0.528. The largest absolute Gasteiger partial charge is 0.390 e. The van der Waals surface area contributed by atoms with Gasteiger partial charge in [0.05, 0.1) is 12.3 Å². The third kappa shape index (κ3) is 4.29. The summed E-state index contributed by atoms with van der Waals surface area (Å²) >= 11 is 0. The number of hydrogen-bond donors (Lipinski definition) is 3. The third-order valence-corrected chi connectivity index (χ3v) is 5.17. The van der Waals surface area contributed by atoms with Crippen LogP contribution >= 0.6 is 0 Å². The second-order valence-corrected chi connectivity index (χ2v) is 7.80. The van der Waals surface area contributed by atoms with Crippen molar-refractivity contribution in [1.82, 2.24) is 20.2 Å². The number of H-pyrrole nitrogens is 1. The molecule has 8 nitrogen and oxygen atoms in total. The van der Waals surface area contributed by atoms with E-state index < -0.39 is 0 Å². The van der Waals surface area contributed by atoms with Gasteiger partial charge in [-0.15, -0.1) is 0 Å². The molecule has 0 spiro atoms. The summed E-state index contributed by atoms with van der Waals surface area (Å²) in [6, 6.07) is 11.6. The van der Waals surface area contributed by atoms with Gasteiger partial charge < -0.3 is 15.5 Å². The predicted molar refractivity (Wildman–Crippen MR) is 117 cm³/mol. The molecule has 5 rings (SSSR count). The molecule has 1 atom stereocenters. The summed E-state index contributed by atoms with van der Waals surface area (Å²) in [6.07, 6.45) is 3.07. The van der Waals surface area contributed by atoms with Crippen LogP contribution in [-0.4, -0.2) is 46.4 Å². The SMILES string of the molecule is [B]c1cccc(C2=NOC(CNc3nc(C)cc(Nc4cc(C5CC5)[nH]n4)n3)C2)c1. The molecule has 1 aromatic carbocycles. The topological polar surface area (TPSA) is 100 Å². The van der Waals surface area contributed by atoms with Gasteiger partial charge in [-0.2, -0.15) is 10.1 Å². The molecule has 9 heteroatoms. The number of oxime groups is 1. The summed E-state index contributed by atoms with van der Waals surface area (Å²) in [7, 11) is 5.86. The van der Waals surface area contributed by atoms with Crippen LogP contribution in [0.25, 0.3) is 0 Å². The molecule has 3 N–H and O–H groups in total. The van der Waals surface area contributed by atoms with E-state index >= 15 is 0 Å². The Balaban J connectivity index is 1.19. The number of nitrogens with one attached hydrogen (secondary N) is 3. The van der Waals surface area contributed by atoms with Gasteiger partial charge in [-0.25, -0.2) is 4.98 Å². The number of nitrogens with zero attached hydrogens (tertiary/aromatic N) is 4. The molecule has 1 unspecified atom stereocenters. The van der Waals surface area contributed by atoms with Gasteiger partial charge in [-0.3, -0.25) is 5.10 Å². The lowest BCUT2D eigenvalue weighted by atomic mass is 9.92. The molecule has 150 valence electrons. The molecule has 0 saturated heterocycles. The van der Waals surface area contributed by atoms with E-state index in [1.807, 2.05) is 43.3 Å². The summed E-state index contributed by atoms with van der Waals surface area (Å²) in [5.41, 5.74) is 4.63. The maximum Gasteiger partial charge on any atom is 0.224 e. The minimum absolute atomic E-state index is 0.0885. The molecule has 30 heavy (non-hydrogen) atoms. The maximum absolute atomic E-state index is 5.86. The van der Waals surface area contributed by atoms with E-state index in [2.05, 4.69) is 36.0 Å². The molecular formula is C21H22BN7O. The molecule has 0 amide bonds. The first-order valence-electron chi connectivity index (χ1n) is 10.1. The van der Waals surface area contributed by atoms with Crippen LogP contribution < -0.4 is 16.1 Å². The lowest BCUT2D eigenvalue weighted by Gasteiger charge is -2.11. The minimum Gasteiger partial charge on any atom is -0.390 e. The van der Waals surface area contributed by atoms with Crippen LogP contribution in [0.1, 0.15) is 42.1 Å². The maximum atomic E-state index is 5.86. The molecule has 1 aliphatic carbocycles. The van der Waals surface area contributed by atoms with Crippen LogP contribution in [0.3, 0.4) is 0 Å². The van der Waals surface area contributed by atoms with Gasteiger partial charge in [0.15, 0.2) is 5.82 Å². The number of aryl methyl sites for hydroxylation is 1. The third-order valence-electron chi connectivity index (χ3n) is 5.17. The van der Waals surface area contributed by atoms with Crippen molar-refractivity contribution in [2.75, 3.05) is 17.2 Å². The molecule has 3 aromatic rings. The van der Waals surface area contributed by atoms with Gasteiger partial charge in [-0.1, -0.05) is 34.9 Å². The van der Waals surface area contributed by atoms with E-state index in [9.17, 15) is 0 Å². The number of anilines is 3. The highest BCUT2D eigenvalue weighted by Gasteiger charge is 2.25. The van der Waals surface area contributed by atoms with Crippen molar-refractivity contribution in [2.24, 2.45) is 5.16 Å². The Hall–Kier alpha value is -3.36. The van der Waals surface area contributed by atoms with Crippen molar-refractivity contribution in [3.05, 3.63) is 53.3 Å². The van der Waals surface area contributed by atoms with E-state index in [4.69, 9.17) is 12.7 Å². The normalized spacial score (nSPS) is 18.0. The number of hydrogen-bond acceptors (Lipinski definition) is 7. The van der Waals surface area contributed by atoms with Crippen molar-refractivity contribution in [3.8, 4) is 0 Å². The Morgan fingerprint density at radius 1 is 1.17 bits per heavy atom. The van der Waals surface area contributed by atoms with Gasteiger partial charge in [0, 0.05) is 35.9 Å². The fraction of sp³-hybridized carbons (Fsp3) is 0.333. The van der Waals surface area contributed by atoms with E-state index in [-0.39, 0.29) is 6.10 Å². The summed E-state index contributed by atoms with van der Waals surface area (Å²) in [5, 5.41) is 18.1. The zero-order valence-electron chi connectivity index (χ0n) is 16.7. The van der Waals surface area contributed by atoms with Gasteiger partial charge in [0.25, 0.3) is 0 Å². The zero-order valence-corrected chi connectivity index (χ0v) is 16.7. The molecule has 1 fully saturated rings. The average Bonchev–Trinajstić information content (AvgIpc) is 3.28. The number of rotatable bonds is 7. The second kappa shape index (κ2) is 7.81. The van der Waals surface area contributed by atoms with Crippen LogP contribution in [0.15, 0.2) is 41.6 Å². The van der Waals surface area contributed by atoms with Crippen LogP contribution in [0.5, 0.6) is 0 Å². The Kier molecular flexibility index (Phi) is 4.86. The summed E-state index contributed by atoms with van der Waals surface area (Å²) in [6.45, 7) is 2.48. The van der Waals surface area contributed by atoms with Crippen LogP contribution in [-0.2, 0) is 4.84 Å². The molecule has 1 aliphatic heterocycles. The lowest BCUT2D eigenvalue weighted by molar-refractivity contribution is 0.0948. The van der Waals surface area contributed by atoms with Crippen molar-refractivity contribution in [1.29, 1.82) is 0 Å². The second-order valence-electron chi connectivity index (χ2n) is 7.80. The van der Waals surface area contributed by atoms with Crippen molar-refractivity contribution in [2.45, 2.75) is 38.2 Å². The first kappa shape index (κ1) is 18.7. The van der Waals surface area contributed by atoms with Crippen molar-refractivity contribution < 1.29 is 4.84 Å². The molecule has 2 aromatic heterocycles. The average molecular weight is 399 g/mol. The van der Waals surface area contributed by atoms with Crippen LogP contribution in [0.4, 0.5) is 17.6 Å². The van der Waals surface area contributed by atoms with E-state index in [0.717, 1.165) is 22.8 Å². The fourth-order valence-corrected chi connectivity index (χ4v) is 3.48. The highest BCUT2D eigenvalue weighted by molar-refractivity contribution is 6.32. The highest BCUT2D eigenvalue weighted by atomic mass is 16.6. The summed E-state index contributed by atoms with van der Waals surface area (Å²) in [4.78, 5) is 14.6. The molecular weight excluding hydrogens is 377 g/mol. The molecule has 0 bridgehead atoms. The Bertz CT molecular complexity index is 1090. The summed E-state index contributed by atoms with van der Waals surface area (Å²) in [5.74, 6) is 2.63. The highest BCUT2D eigenvalue weighted by Crippen LogP contribution is 2.39. The fourth-order valence-electron chi connectivity index (χ4n) is 3.48. The minimum atomic E-state index is -0.0885. The molecule has 1 saturated carbocycles. The predicted octanol–water partition coefficient (Wildman–Crippen LogP) is 2.53. The zero-order chi connectivity index (χ0) is 20.5. The monoisotopic (exact) mass is 399 g/mol. The standard InChI is InChI=1S/C21H22BN7O/c1-12-7-19(25-20-10-17(27-28-20)13-5-6-13)26-21(24-12)23-11-16-9-18(29-30-16)14-3-2-4-15(22)8-14/h2-4,7-8,10,13,16H,5-6,9,11H2,1H3,(H3,23,24,25,26,27,28). The number of aromatic nitrogens is 4. The number of benzene rings is 1. The van der Waals surface area contributed by atoms with Gasteiger partial charge in [0.1, 0.15) is 19.8 Å². The molecule has 3 heterocycles. The smallest absolute Gasteiger partial charge is 0.224 e. The molecule has 2 radical (unpaired) electrons. The Morgan fingerprint density at radius 2 is 2.07 bits per heavy atom. The Labute approximate surface area is 176 Å². The Morgan fingerprint density at radius 3 is 2.90 bits per heavy atom. The van der Waals surface area contributed by atoms with Crippen LogP contribution in [0.2, 0.25) is 0 Å². The molecule has 2 aliphatic rings. The summed E-state index contributed by atoms with van der Waals surface area (Å²) < 4.78 is 0. The number of aromatic amines is 1. The lowest BCUT2D eigenvalue weighted by Crippen LogP contribution is -2.21. The van der Waals surface area contributed by atoms with Crippen LogP contribution in [0, 0.1) is 6.92 Å². The van der Waals surface area contributed by atoms with Gasteiger partial charge in [0.2, 0.25) is 5.95 Å².